The summed E-state index contributed by atoms with van der Waals surface area (Å²) in [6.07, 6.45) is 4.89. The van der Waals surface area contributed by atoms with Crippen molar-refractivity contribution < 1.29 is 8.78 Å². The van der Waals surface area contributed by atoms with E-state index < -0.39 is 11.6 Å². The zero-order valence-corrected chi connectivity index (χ0v) is 12.2. The Morgan fingerprint density at radius 3 is 2.81 bits per heavy atom. The Morgan fingerprint density at radius 2 is 2.10 bits per heavy atom. The smallest absolute Gasteiger partial charge is 0.159 e. The first-order valence-electron chi connectivity index (χ1n) is 7.24. The Morgan fingerprint density at radius 1 is 1.29 bits per heavy atom. The molecule has 0 amide bonds. The van der Waals surface area contributed by atoms with Crippen molar-refractivity contribution in [1.82, 2.24) is 4.90 Å². The van der Waals surface area contributed by atoms with Crippen LogP contribution in [0.5, 0.6) is 0 Å². The Labute approximate surface area is 123 Å². The van der Waals surface area contributed by atoms with E-state index in [4.69, 9.17) is 0 Å². The van der Waals surface area contributed by atoms with Crippen LogP contribution in [0.2, 0.25) is 0 Å². The maximum atomic E-state index is 13.4. The standard InChI is InChI=1S/C17H18F2N2/c1-3-21-7-6-12-9-17(20-11(2)14(12)10-21)13-4-5-15(18)16(19)8-13/h4-8,11H,3,9-10H2,1-2H3. The van der Waals surface area contributed by atoms with Gasteiger partial charge in [0.1, 0.15) is 0 Å². The fourth-order valence-electron chi connectivity index (χ4n) is 2.86. The summed E-state index contributed by atoms with van der Waals surface area (Å²) >= 11 is 0. The van der Waals surface area contributed by atoms with Crippen molar-refractivity contribution in [3.05, 3.63) is 58.8 Å². The number of dihydropyridines is 1. The molecule has 1 aromatic carbocycles. The highest BCUT2D eigenvalue weighted by molar-refractivity contribution is 6.03. The molecule has 2 aliphatic heterocycles. The quantitative estimate of drug-likeness (QED) is 0.810. The molecule has 2 aliphatic rings. The van der Waals surface area contributed by atoms with Crippen molar-refractivity contribution in [2.45, 2.75) is 26.3 Å². The van der Waals surface area contributed by atoms with E-state index in [1.54, 1.807) is 6.07 Å². The molecule has 0 saturated carbocycles. The first-order chi connectivity index (χ1) is 10.1. The second-order valence-corrected chi connectivity index (χ2v) is 5.49. The van der Waals surface area contributed by atoms with Gasteiger partial charge < -0.3 is 4.90 Å². The summed E-state index contributed by atoms with van der Waals surface area (Å²) in [5.41, 5.74) is 4.07. The van der Waals surface area contributed by atoms with Gasteiger partial charge in [-0.15, -0.1) is 0 Å². The lowest BCUT2D eigenvalue weighted by atomic mass is 9.89. The largest absolute Gasteiger partial charge is 0.374 e. The molecule has 1 unspecified atom stereocenters. The van der Waals surface area contributed by atoms with E-state index in [1.807, 2.05) is 0 Å². The number of benzene rings is 1. The fourth-order valence-corrected chi connectivity index (χ4v) is 2.86. The Bertz CT molecular complexity index is 659. The molecule has 0 radical (unpaired) electrons. The number of halogens is 2. The highest BCUT2D eigenvalue weighted by Gasteiger charge is 2.24. The molecule has 2 nitrogen and oxygen atoms in total. The van der Waals surface area contributed by atoms with E-state index in [9.17, 15) is 8.78 Å². The van der Waals surface area contributed by atoms with Crippen LogP contribution in [-0.2, 0) is 0 Å². The Kier molecular flexibility index (Phi) is 3.62. The van der Waals surface area contributed by atoms with Crippen LogP contribution in [0.4, 0.5) is 8.78 Å². The summed E-state index contributed by atoms with van der Waals surface area (Å²) in [4.78, 5) is 6.93. The number of hydrogen-bond acceptors (Lipinski definition) is 2. The minimum absolute atomic E-state index is 0.0795. The second-order valence-electron chi connectivity index (χ2n) is 5.49. The molecule has 1 atom stereocenters. The monoisotopic (exact) mass is 288 g/mol. The van der Waals surface area contributed by atoms with Gasteiger partial charge in [0, 0.05) is 25.2 Å². The molecule has 0 saturated heterocycles. The molecule has 1 aromatic rings. The molecule has 0 aromatic heterocycles. The molecule has 21 heavy (non-hydrogen) atoms. The molecule has 0 fully saturated rings. The summed E-state index contributed by atoms with van der Waals surface area (Å²) in [6, 6.07) is 4.07. The van der Waals surface area contributed by atoms with Gasteiger partial charge in [0.25, 0.3) is 0 Å². The third-order valence-electron chi connectivity index (χ3n) is 4.14. The number of likely N-dealkylation sites (N-methyl/N-ethyl adjacent to an activating group) is 1. The molecule has 3 rings (SSSR count). The summed E-state index contributed by atoms with van der Waals surface area (Å²) in [7, 11) is 0. The molecular weight excluding hydrogens is 270 g/mol. The van der Waals surface area contributed by atoms with Crippen LogP contribution in [0.15, 0.2) is 46.6 Å². The highest BCUT2D eigenvalue weighted by atomic mass is 19.2. The summed E-state index contributed by atoms with van der Waals surface area (Å²) in [5, 5.41) is 0. The van der Waals surface area contributed by atoms with Crippen LogP contribution in [0.1, 0.15) is 25.8 Å². The van der Waals surface area contributed by atoms with Crippen molar-refractivity contribution in [2.75, 3.05) is 13.1 Å². The first-order valence-corrected chi connectivity index (χ1v) is 7.24. The molecule has 0 bridgehead atoms. The van der Waals surface area contributed by atoms with E-state index in [-0.39, 0.29) is 6.04 Å². The lowest BCUT2D eigenvalue weighted by Gasteiger charge is -2.31. The number of allylic oxidation sites excluding steroid dienone is 2. The lowest BCUT2D eigenvalue weighted by molar-refractivity contribution is 0.411. The molecule has 0 N–H and O–H groups in total. The maximum absolute atomic E-state index is 13.4. The van der Waals surface area contributed by atoms with Crippen molar-refractivity contribution in [1.29, 1.82) is 0 Å². The summed E-state index contributed by atoms with van der Waals surface area (Å²) < 4.78 is 26.5. The SMILES string of the molecule is CCN1C=CC2=C(C1)C(C)N=C(c1ccc(F)c(F)c1)C2. The number of aliphatic imine (C=N–C) groups is 1. The normalized spacial score (nSPS) is 21.4. The van der Waals surface area contributed by atoms with Crippen LogP contribution in [0.3, 0.4) is 0 Å². The van der Waals surface area contributed by atoms with Crippen molar-refractivity contribution in [3.8, 4) is 0 Å². The number of hydrogen-bond donors (Lipinski definition) is 0. The molecule has 0 spiro atoms. The maximum Gasteiger partial charge on any atom is 0.159 e. The van der Waals surface area contributed by atoms with Gasteiger partial charge in [0.2, 0.25) is 0 Å². The molecule has 110 valence electrons. The van der Waals surface area contributed by atoms with Gasteiger partial charge >= 0.3 is 0 Å². The third-order valence-corrected chi connectivity index (χ3v) is 4.14. The fraction of sp³-hybridized carbons (Fsp3) is 0.353. The topological polar surface area (TPSA) is 15.6 Å². The Hall–Kier alpha value is -1.97. The van der Waals surface area contributed by atoms with Gasteiger partial charge in [-0.1, -0.05) is 6.07 Å². The van der Waals surface area contributed by atoms with E-state index >= 15 is 0 Å². The molecular formula is C17H18F2N2. The predicted octanol–water partition coefficient (Wildman–Crippen LogP) is 3.69. The second kappa shape index (κ2) is 5.43. The van der Waals surface area contributed by atoms with E-state index in [1.165, 1.54) is 17.2 Å². The zero-order valence-electron chi connectivity index (χ0n) is 12.2. The third kappa shape index (κ3) is 2.62. The van der Waals surface area contributed by atoms with Crippen molar-refractivity contribution in [3.63, 3.8) is 0 Å². The van der Waals surface area contributed by atoms with Crippen molar-refractivity contribution in [2.24, 2.45) is 4.99 Å². The molecule has 2 heterocycles. The predicted molar refractivity (Wildman–Crippen MR) is 80.4 cm³/mol. The Balaban J connectivity index is 1.88. The molecule has 0 aliphatic carbocycles. The minimum Gasteiger partial charge on any atom is -0.374 e. The van der Waals surface area contributed by atoms with Gasteiger partial charge in [0.15, 0.2) is 11.6 Å². The zero-order chi connectivity index (χ0) is 15.0. The van der Waals surface area contributed by atoms with Crippen LogP contribution < -0.4 is 0 Å². The average Bonchev–Trinajstić information content (AvgIpc) is 2.49. The average molecular weight is 288 g/mol. The first kappa shape index (κ1) is 14.0. The van der Waals surface area contributed by atoms with E-state index in [0.717, 1.165) is 24.9 Å². The summed E-state index contributed by atoms with van der Waals surface area (Å²) in [6.45, 7) is 6.05. The van der Waals surface area contributed by atoms with Crippen LogP contribution in [-0.4, -0.2) is 29.7 Å². The van der Waals surface area contributed by atoms with E-state index in [0.29, 0.717) is 12.0 Å². The number of rotatable bonds is 2. The van der Waals surface area contributed by atoms with Crippen LogP contribution in [0, 0.1) is 11.6 Å². The van der Waals surface area contributed by atoms with Crippen LogP contribution in [0.25, 0.3) is 0 Å². The van der Waals surface area contributed by atoms with Gasteiger partial charge in [-0.05, 0) is 55.0 Å². The summed E-state index contributed by atoms with van der Waals surface area (Å²) in [5.74, 6) is -1.64. The van der Waals surface area contributed by atoms with Gasteiger partial charge in [0.05, 0.1) is 6.04 Å². The highest BCUT2D eigenvalue weighted by Crippen LogP contribution is 2.29. The lowest BCUT2D eigenvalue weighted by Crippen LogP contribution is -2.30. The molecule has 4 heteroatoms. The van der Waals surface area contributed by atoms with Crippen LogP contribution >= 0.6 is 0 Å². The van der Waals surface area contributed by atoms with E-state index in [2.05, 4.69) is 36.0 Å². The van der Waals surface area contributed by atoms with Gasteiger partial charge in [-0.3, -0.25) is 4.99 Å². The van der Waals surface area contributed by atoms with Gasteiger partial charge in [-0.25, -0.2) is 8.78 Å². The minimum atomic E-state index is -0.820. The van der Waals surface area contributed by atoms with Crippen molar-refractivity contribution >= 4 is 5.71 Å². The number of nitrogens with zero attached hydrogens (tertiary/aromatic N) is 2. The van der Waals surface area contributed by atoms with Gasteiger partial charge in [-0.2, -0.15) is 0 Å².